The molecule has 136 valence electrons. The summed E-state index contributed by atoms with van der Waals surface area (Å²) in [6.07, 6.45) is 3.61. The van der Waals surface area contributed by atoms with E-state index in [4.69, 9.17) is 4.74 Å². The number of hydrogen-bond acceptors (Lipinski definition) is 4. The Morgan fingerprint density at radius 1 is 1.29 bits per heavy atom. The van der Waals surface area contributed by atoms with Gasteiger partial charge in [-0.3, -0.25) is 4.79 Å². The van der Waals surface area contributed by atoms with E-state index in [9.17, 15) is 14.7 Å². The van der Waals surface area contributed by atoms with Gasteiger partial charge in [0.2, 0.25) is 0 Å². The van der Waals surface area contributed by atoms with Crippen molar-refractivity contribution in [2.45, 2.75) is 64.2 Å². The van der Waals surface area contributed by atoms with Gasteiger partial charge in [-0.1, -0.05) is 6.08 Å². The van der Waals surface area contributed by atoms with Crippen molar-refractivity contribution in [2.75, 3.05) is 19.6 Å². The van der Waals surface area contributed by atoms with E-state index in [1.54, 1.807) is 15.9 Å². The first-order valence-corrected chi connectivity index (χ1v) is 8.80. The Kier molecular flexibility index (Phi) is 5.91. The Morgan fingerprint density at radius 3 is 2.33 bits per heavy atom. The first kappa shape index (κ1) is 18.8. The van der Waals surface area contributed by atoms with Crippen LogP contribution in [0.3, 0.4) is 0 Å². The molecule has 0 spiro atoms. The van der Waals surface area contributed by atoms with Crippen molar-refractivity contribution in [3.63, 3.8) is 0 Å². The quantitative estimate of drug-likeness (QED) is 0.780. The van der Waals surface area contributed by atoms with Gasteiger partial charge >= 0.3 is 6.09 Å². The van der Waals surface area contributed by atoms with E-state index in [0.29, 0.717) is 32.5 Å². The fraction of sp³-hybridized carbons (Fsp3) is 0.778. The first-order chi connectivity index (χ1) is 11.2. The summed E-state index contributed by atoms with van der Waals surface area (Å²) in [6, 6.07) is 0.256. The Labute approximate surface area is 144 Å². The number of hydrogen-bond donors (Lipinski definition) is 1. The summed E-state index contributed by atoms with van der Waals surface area (Å²) >= 11 is 0. The third-order valence-corrected chi connectivity index (χ3v) is 4.49. The van der Waals surface area contributed by atoms with Gasteiger partial charge in [-0.25, -0.2) is 4.79 Å². The van der Waals surface area contributed by atoms with Crippen LogP contribution in [0.2, 0.25) is 0 Å². The van der Waals surface area contributed by atoms with Gasteiger partial charge < -0.3 is 19.6 Å². The SMILES string of the molecule is C=CCN(C(=O)[C@@H](O)C1CCN(C(=O)OC(C)(C)C)CC1)C1CC1. The smallest absolute Gasteiger partial charge is 0.410 e. The second-order valence-electron chi connectivity index (χ2n) is 7.76. The Bertz CT molecular complexity index is 474. The molecule has 1 saturated carbocycles. The van der Waals surface area contributed by atoms with E-state index in [-0.39, 0.29) is 24.0 Å². The van der Waals surface area contributed by atoms with Crippen molar-refractivity contribution >= 4 is 12.0 Å². The molecule has 2 fully saturated rings. The molecule has 1 N–H and O–H groups in total. The van der Waals surface area contributed by atoms with Crippen molar-refractivity contribution in [3.8, 4) is 0 Å². The molecular formula is C18H30N2O4. The fourth-order valence-corrected chi connectivity index (χ4v) is 3.04. The van der Waals surface area contributed by atoms with Crippen LogP contribution in [0.1, 0.15) is 46.5 Å². The molecule has 2 amide bonds. The Balaban J connectivity index is 1.85. The average Bonchev–Trinajstić information content (AvgIpc) is 3.34. The second-order valence-corrected chi connectivity index (χ2v) is 7.76. The van der Waals surface area contributed by atoms with Crippen molar-refractivity contribution in [1.29, 1.82) is 0 Å². The van der Waals surface area contributed by atoms with E-state index in [1.165, 1.54) is 0 Å². The van der Waals surface area contributed by atoms with Gasteiger partial charge in [0.25, 0.3) is 5.91 Å². The van der Waals surface area contributed by atoms with Crippen LogP contribution in [0.25, 0.3) is 0 Å². The Hall–Kier alpha value is -1.56. The molecule has 1 saturated heterocycles. The molecule has 1 aliphatic carbocycles. The third-order valence-electron chi connectivity index (χ3n) is 4.49. The van der Waals surface area contributed by atoms with E-state index >= 15 is 0 Å². The van der Waals surface area contributed by atoms with Crippen molar-refractivity contribution < 1.29 is 19.4 Å². The molecule has 1 heterocycles. The highest BCUT2D eigenvalue weighted by atomic mass is 16.6. The maximum atomic E-state index is 12.5. The second kappa shape index (κ2) is 7.55. The summed E-state index contributed by atoms with van der Waals surface area (Å²) in [7, 11) is 0. The van der Waals surface area contributed by atoms with Crippen LogP contribution in [0, 0.1) is 5.92 Å². The largest absolute Gasteiger partial charge is 0.444 e. The van der Waals surface area contributed by atoms with Crippen LogP contribution >= 0.6 is 0 Å². The fourth-order valence-electron chi connectivity index (χ4n) is 3.04. The molecule has 0 bridgehead atoms. The molecule has 24 heavy (non-hydrogen) atoms. The molecule has 0 aromatic carbocycles. The minimum Gasteiger partial charge on any atom is -0.444 e. The maximum absolute atomic E-state index is 12.5. The maximum Gasteiger partial charge on any atom is 0.410 e. The topological polar surface area (TPSA) is 70.1 Å². The molecule has 6 heteroatoms. The molecule has 2 rings (SSSR count). The molecule has 0 unspecified atom stereocenters. The summed E-state index contributed by atoms with van der Waals surface area (Å²) < 4.78 is 5.37. The Morgan fingerprint density at radius 2 is 1.88 bits per heavy atom. The summed E-state index contributed by atoms with van der Waals surface area (Å²) in [6.45, 7) is 10.7. The highest BCUT2D eigenvalue weighted by Gasteiger charge is 2.39. The van der Waals surface area contributed by atoms with Crippen LogP contribution in [0.15, 0.2) is 12.7 Å². The standard InChI is InChI=1S/C18H30N2O4/c1-5-10-20(14-6-7-14)16(22)15(21)13-8-11-19(12-9-13)17(23)24-18(2,3)4/h5,13-15,21H,1,6-12H2,2-4H3/t15-/m0/s1. The third kappa shape index (κ3) is 4.97. The number of rotatable bonds is 5. The normalized spacial score (nSPS) is 20.4. The van der Waals surface area contributed by atoms with Gasteiger partial charge in [0.1, 0.15) is 11.7 Å². The molecule has 1 atom stereocenters. The first-order valence-electron chi connectivity index (χ1n) is 8.80. The zero-order valence-electron chi connectivity index (χ0n) is 15.0. The van der Waals surface area contributed by atoms with Crippen molar-refractivity contribution in [1.82, 2.24) is 9.80 Å². The minimum absolute atomic E-state index is 0.109. The lowest BCUT2D eigenvalue weighted by atomic mass is 9.90. The van der Waals surface area contributed by atoms with Gasteiger partial charge in [0.15, 0.2) is 0 Å². The number of likely N-dealkylation sites (tertiary alicyclic amines) is 1. The average molecular weight is 338 g/mol. The minimum atomic E-state index is -0.994. The predicted octanol–water partition coefficient (Wildman–Crippen LogP) is 2.17. The van der Waals surface area contributed by atoms with Crippen LogP contribution in [-0.4, -0.2) is 64.3 Å². The lowest BCUT2D eigenvalue weighted by Crippen LogP contribution is -2.48. The van der Waals surface area contributed by atoms with Crippen LogP contribution in [0.4, 0.5) is 4.79 Å². The van der Waals surface area contributed by atoms with Crippen LogP contribution < -0.4 is 0 Å². The molecule has 0 aromatic heterocycles. The molecular weight excluding hydrogens is 308 g/mol. The van der Waals surface area contributed by atoms with Crippen molar-refractivity contribution in [3.05, 3.63) is 12.7 Å². The number of ether oxygens (including phenoxy) is 1. The van der Waals surface area contributed by atoms with E-state index in [2.05, 4.69) is 6.58 Å². The summed E-state index contributed by atoms with van der Waals surface area (Å²) in [5.41, 5.74) is -0.515. The number of amides is 2. The highest BCUT2D eigenvalue weighted by Crippen LogP contribution is 2.30. The van der Waals surface area contributed by atoms with Gasteiger partial charge in [0, 0.05) is 25.7 Å². The zero-order valence-corrected chi connectivity index (χ0v) is 15.0. The van der Waals surface area contributed by atoms with Gasteiger partial charge in [0.05, 0.1) is 0 Å². The molecule has 0 aromatic rings. The van der Waals surface area contributed by atoms with E-state index in [1.807, 2.05) is 20.8 Å². The van der Waals surface area contributed by atoms with E-state index < -0.39 is 11.7 Å². The predicted molar refractivity (Wildman–Crippen MR) is 91.5 cm³/mol. The van der Waals surface area contributed by atoms with Crippen LogP contribution in [-0.2, 0) is 9.53 Å². The zero-order chi connectivity index (χ0) is 17.9. The monoisotopic (exact) mass is 338 g/mol. The van der Waals surface area contributed by atoms with Crippen molar-refractivity contribution in [2.24, 2.45) is 5.92 Å². The lowest BCUT2D eigenvalue weighted by molar-refractivity contribution is -0.144. The highest BCUT2D eigenvalue weighted by molar-refractivity contribution is 5.81. The molecule has 0 radical (unpaired) electrons. The summed E-state index contributed by atoms with van der Waals surface area (Å²) in [5.74, 6) is -0.310. The molecule has 6 nitrogen and oxygen atoms in total. The number of carbonyl (C=O) groups is 2. The van der Waals surface area contributed by atoms with Gasteiger partial charge in [-0.05, 0) is 52.4 Å². The van der Waals surface area contributed by atoms with Gasteiger partial charge in [-0.2, -0.15) is 0 Å². The van der Waals surface area contributed by atoms with E-state index in [0.717, 1.165) is 12.8 Å². The van der Waals surface area contributed by atoms with Crippen LogP contribution in [0.5, 0.6) is 0 Å². The lowest BCUT2D eigenvalue weighted by Gasteiger charge is -2.36. The number of piperidine rings is 1. The number of aliphatic hydroxyl groups is 1. The number of aliphatic hydroxyl groups excluding tert-OH is 1. The summed E-state index contributed by atoms with van der Waals surface area (Å²) in [5, 5.41) is 10.5. The number of nitrogens with zero attached hydrogens (tertiary/aromatic N) is 2. The number of carbonyl (C=O) groups excluding carboxylic acids is 2. The summed E-state index contributed by atoms with van der Waals surface area (Å²) in [4.78, 5) is 28.0. The van der Waals surface area contributed by atoms with Gasteiger partial charge in [-0.15, -0.1) is 6.58 Å². The molecule has 2 aliphatic rings. The molecule has 1 aliphatic heterocycles.